The molecule has 1 N–H and O–H groups in total. The molecule has 0 aromatic heterocycles. The van der Waals surface area contributed by atoms with Gasteiger partial charge in [-0.3, -0.25) is 4.90 Å². The van der Waals surface area contributed by atoms with E-state index in [-0.39, 0.29) is 0 Å². The van der Waals surface area contributed by atoms with Gasteiger partial charge in [0.05, 0.1) is 6.10 Å². The molecule has 17 heavy (non-hydrogen) atoms. The molecule has 1 rings (SSSR count). The Labute approximate surface area is 103 Å². The molecule has 0 spiro atoms. The third-order valence-corrected chi connectivity index (χ3v) is 3.00. The molecule has 1 saturated heterocycles. The van der Waals surface area contributed by atoms with Gasteiger partial charge in [-0.05, 0) is 26.7 Å². The Morgan fingerprint density at radius 2 is 2.00 bits per heavy atom. The molecule has 0 bridgehead atoms. The van der Waals surface area contributed by atoms with Crippen LogP contribution in [0.3, 0.4) is 0 Å². The number of piperidine rings is 1. The van der Waals surface area contributed by atoms with E-state index in [1.165, 1.54) is 0 Å². The minimum absolute atomic E-state index is 0.339. The zero-order chi connectivity index (χ0) is 12.7. The SMILES string of the molecule is CCOC1CCN(CC(OCC)C(=O)O)CC1. The van der Waals surface area contributed by atoms with Gasteiger partial charge in [-0.15, -0.1) is 0 Å². The second kappa shape index (κ2) is 7.63. The van der Waals surface area contributed by atoms with Crippen LogP contribution in [0.25, 0.3) is 0 Å². The Morgan fingerprint density at radius 1 is 1.35 bits per heavy atom. The summed E-state index contributed by atoms with van der Waals surface area (Å²) in [6.45, 7) is 7.26. The molecule has 1 fully saturated rings. The first-order chi connectivity index (χ1) is 8.17. The van der Waals surface area contributed by atoms with Gasteiger partial charge in [0.25, 0.3) is 0 Å². The fourth-order valence-electron chi connectivity index (χ4n) is 2.13. The molecular weight excluding hydrogens is 222 g/mol. The van der Waals surface area contributed by atoms with Crippen molar-refractivity contribution in [1.82, 2.24) is 4.90 Å². The number of carbonyl (C=O) groups is 1. The number of carboxylic acids is 1. The molecule has 1 atom stereocenters. The van der Waals surface area contributed by atoms with Crippen molar-refractivity contribution in [3.8, 4) is 0 Å². The molecule has 0 aromatic carbocycles. The van der Waals surface area contributed by atoms with E-state index in [9.17, 15) is 4.79 Å². The highest BCUT2D eigenvalue weighted by Crippen LogP contribution is 2.14. The van der Waals surface area contributed by atoms with Gasteiger partial charge in [0.1, 0.15) is 0 Å². The van der Waals surface area contributed by atoms with Gasteiger partial charge in [-0.2, -0.15) is 0 Å². The van der Waals surface area contributed by atoms with Gasteiger partial charge in [0.15, 0.2) is 6.10 Å². The van der Waals surface area contributed by atoms with Crippen molar-refractivity contribution < 1.29 is 19.4 Å². The number of aliphatic carboxylic acids is 1. The van der Waals surface area contributed by atoms with Crippen LogP contribution in [0.1, 0.15) is 26.7 Å². The summed E-state index contributed by atoms with van der Waals surface area (Å²) in [6.07, 6.45) is 1.59. The van der Waals surface area contributed by atoms with Gasteiger partial charge in [-0.1, -0.05) is 0 Å². The van der Waals surface area contributed by atoms with E-state index < -0.39 is 12.1 Å². The predicted molar refractivity (Wildman–Crippen MR) is 64.1 cm³/mol. The van der Waals surface area contributed by atoms with Crippen LogP contribution in [0.15, 0.2) is 0 Å². The molecule has 100 valence electrons. The molecule has 0 saturated carbocycles. The maximum Gasteiger partial charge on any atom is 0.334 e. The van der Waals surface area contributed by atoms with Gasteiger partial charge < -0.3 is 14.6 Å². The number of carboxylic acid groups (broad SMARTS) is 1. The number of hydrogen-bond donors (Lipinski definition) is 1. The second-order valence-electron chi connectivity index (χ2n) is 4.24. The molecule has 5 nitrogen and oxygen atoms in total. The van der Waals surface area contributed by atoms with E-state index in [1.807, 2.05) is 13.8 Å². The van der Waals surface area contributed by atoms with Crippen molar-refractivity contribution in [2.24, 2.45) is 0 Å². The molecule has 0 aliphatic carbocycles. The van der Waals surface area contributed by atoms with Gasteiger partial charge >= 0.3 is 5.97 Å². The third kappa shape index (κ3) is 5.02. The standard InChI is InChI=1S/C12H23NO4/c1-3-16-10-5-7-13(8-6-10)9-11(12(14)15)17-4-2/h10-11H,3-9H2,1-2H3,(H,14,15). The normalized spacial score (nSPS) is 20.4. The Hall–Kier alpha value is -0.650. The van der Waals surface area contributed by atoms with E-state index in [0.717, 1.165) is 32.5 Å². The molecular formula is C12H23NO4. The summed E-state index contributed by atoms with van der Waals surface area (Å²) in [6, 6.07) is 0. The van der Waals surface area contributed by atoms with Crippen LogP contribution < -0.4 is 0 Å². The Bertz CT molecular complexity index is 227. The van der Waals surface area contributed by atoms with Crippen LogP contribution in [0, 0.1) is 0 Å². The summed E-state index contributed by atoms with van der Waals surface area (Å²) in [5.74, 6) is -0.876. The average Bonchev–Trinajstić information content (AvgIpc) is 2.31. The lowest BCUT2D eigenvalue weighted by atomic mass is 10.1. The smallest absolute Gasteiger partial charge is 0.334 e. The molecule has 0 radical (unpaired) electrons. The summed E-state index contributed by atoms with van der Waals surface area (Å²) in [7, 11) is 0. The molecule has 1 heterocycles. The number of rotatable bonds is 7. The average molecular weight is 245 g/mol. The lowest BCUT2D eigenvalue weighted by Gasteiger charge is -2.32. The summed E-state index contributed by atoms with van der Waals surface area (Å²) in [4.78, 5) is 13.1. The second-order valence-corrected chi connectivity index (χ2v) is 4.24. The minimum Gasteiger partial charge on any atom is -0.479 e. The van der Waals surface area contributed by atoms with Gasteiger partial charge in [-0.25, -0.2) is 4.79 Å². The first-order valence-corrected chi connectivity index (χ1v) is 6.35. The predicted octanol–water partition coefficient (Wildman–Crippen LogP) is 0.977. The van der Waals surface area contributed by atoms with E-state index in [4.69, 9.17) is 14.6 Å². The third-order valence-electron chi connectivity index (χ3n) is 3.00. The highest BCUT2D eigenvalue weighted by Gasteiger charge is 2.25. The lowest BCUT2D eigenvalue weighted by Crippen LogP contribution is -2.44. The topological polar surface area (TPSA) is 59.0 Å². The summed E-state index contributed by atoms with van der Waals surface area (Å²) in [5, 5.41) is 8.99. The number of hydrogen-bond acceptors (Lipinski definition) is 4. The quantitative estimate of drug-likeness (QED) is 0.724. The van der Waals surface area contributed by atoms with Gasteiger partial charge in [0, 0.05) is 32.8 Å². The fourth-order valence-corrected chi connectivity index (χ4v) is 2.13. The van der Waals surface area contributed by atoms with Crippen LogP contribution in [-0.4, -0.2) is 61.0 Å². The fraction of sp³-hybridized carbons (Fsp3) is 0.917. The van der Waals surface area contributed by atoms with Crippen molar-refractivity contribution in [1.29, 1.82) is 0 Å². The lowest BCUT2D eigenvalue weighted by molar-refractivity contribution is -0.151. The van der Waals surface area contributed by atoms with Crippen LogP contribution in [0.2, 0.25) is 0 Å². The Balaban J connectivity index is 2.30. The van der Waals surface area contributed by atoms with Crippen molar-refractivity contribution in [2.45, 2.75) is 38.9 Å². The minimum atomic E-state index is -0.876. The summed E-state index contributed by atoms with van der Waals surface area (Å²) < 4.78 is 10.8. The molecule has 1 unspecified atom stereocenters. The molecule has 5 heteroatoms. The van der Waals surface area contributed by atoms with Crippen molar-refractivity contribution in [2.75, 3.05) is 32.8 Å². The van der Waals surface area contributed by atoms with Crippen molar-refractivity contribution in [3.05, 3.63) is 0 Å². The highest BCUT2D eigenvalue weighted by molar-refractivity contribution is 5.72. The highest BCUT2D eigenvalue weighted by atomic mass is 16.5. The summed E-state index contributed by atoms with van der Waals surface area (Å²) >= 11 is 0. The molecule has 0 aromatic rings. The van der Waals surface area contributed by atoms with E-state index >= 15 is 0 Å². The maximum atomic E-state index is 11.0. The first kappa shape index (κ1) is 14.4. The Morgan fingerprint density at radius 3 is 2.47 bits per heavy atom. The largest absolute Gasteiger partial charge is 0.479 e. The van der Waals surface area contributed by atoms with Crippen LogP contribution in [0.5, 0.6) is 0 Å². The first-order valence-electron chi connectivity index (χ1n) is 6.35. The van der Waals surface area contributed by atoms with E-state index in [2.05, 4.69) is 4.90 Å². The van der Waals surface area contributed by atoms with Crippen LogP contribution >= 0.6 is 0 Å². The zero-order valence-electron chi connectivity index (χ0n) is 10.7. The zero-order valence-corrected chi connectivity index (χ0v) is 10.7. The van der Waals surface area contributed by atoms with Crippen LogP contribution in [0.4, 0.5) is 0 Å². The summed E-state index contributed by atoms with van der Waals surface area (Å²) in [5.41, 5.74) is 0. The van der Waals surface area contributed by atoms with Crippen molar-refractivity contribution >= 4 is 5.97 Å². The number of likely N-dealkylation sites (tertiary alicyclic amines) is 1. The van der Waals surface area contributed by atoms with E-state index in [1.54, 1.807) is 0 Å². The number of nitrogens with zero attached hydrogens (tertiary/aromatic N) is 1. The molecule has 1 aliphatic rings. The van der Waals surface area contributed by atoms with E-state index in [0.29, 0.717) is 19.3 Å². The van der Waals surface area contributed by atoms with Crippen LogP contribution in [-0.2, 0) is 14.3 Å². The van der Waals surface area contributed by atoms with Crippen molar-refractivity contribution in [3.63, 3.8) is 0 Å². The monoisotopic (exact) mass is 245 g/mol. The Kier molecular flexibility index (Phi) is 6.47. The number of ether oxygens (including phenoxy) is 2. The maximum absolute atomic E-state index is 11.0. The molecule has 1 aliphatic heterocycles. The molecule has 0 amide bonds. The van der Waals surface area contributed by atoms with Gasteiger partial charge in [0.2, 0.25) is 0 Å².